The van der Waals surface area contributed by atoms with Gasteiger partial charge in [-0.15, -0.1) is 0 Å². The van der Waals surface area contributed by atoms with E-state index < -0.39 is 12.1 Å². The van der Waals surface area contributed by atoms with Gasteiger partial charge in [0.05, 0.1) is 20.3 Å². The molecule has 0 saturated carbocycles. The summed E-state index contributed by atoms with van der Waals surface area (Å²) in [4.78, 5) is 31.6. The summed E-state index contributed by atoms with van der Waals surface area (Å²) in [6.07, 6.45) is 0.878. The summed E-state index contributed by atoms with van der Waals surface area (Å²) in [6.45, 7) is 0.966. The summed E-state index contributed by atoms with van der Waals surface area (Å²) in [7, 11) is 5.02. The Morgan fingerprint density at radius 2 is 2.24 bits per heavy atom. The molecule has 7 heteroatoms. The molecule has 1 amide bonds. The number of carbonyl (C=O) groups excluding carboxylic acids is 2. The Kier molecular flexibility index (Phi) is 4.74. The van der Waals surface area contributed by atoms with Crippen LogP contribution in [0.4, 0.5) is 5.82 Å². The van der Waals surface area contributed by atoms with Crippen molar-refractivity contribution in [3.05, 3.63) is 23.9 Å². The zero-order valence-corrected chi connectivity index (χ0v) is 12.4. The Bertz CT molecular complexity index is 533. The first kappa shape index (κ1) is 15.2. The highest BCUT2D eigenvalue weighted by molar-refractivity contribution is 5.95. The topological polar surface area (TPSA) is 72.0 Å². The van der Waals surface area contributed by atoms with Crippen LogP contribution in [0.5, 0.6) is 0 Å². The Hall–Kier alpha value is -2.15. The molecule has 0 aromatic carbocycles. The zero-order valence-electron chi connectivity index (χ0n) is 12.4. The molecule has 7 nitrogen and oxygen atoms in total. The molecular formula is C14H19N3O4. The number of carbonyl (C=O) groups is 2. The lowest BCUT2D eigenvalue weighted by atomic mass is 10.2. The van der Waals surface area contributed by atoms with E-state index in [0.717, 1.165) is 0 Å². The molecular weight excluding hydrogens is 274 g/mol. The molecule has 1 aliphatic heterocycles. The van der Waals surface area contributed by atoms with E-state index in [9.17, 15) is 9.59 Å². The van der Waals surface area contributed by atoms with Crippen molar-refractivity contribution in [1.82, 2.24) is 9.88 Å². The molecule has 1 unspecified atom stereocenters. The van der Waals surface area contributed by atoms with Crippen molar-refractivity contribution < 1.29 is 19.1 Å². The lowest BCUT2D eigenvalue weighted by Crippen LogP contribution is -2.48. The second-order valence-electron chi connectivity index (χ2n) is 4.93. The smallest absolute Gasteiger partial charge is 0.336 e. The molecule has 2 rings (SSSR count). The Balaban J connectivity index is 2.12. The van der Waals surface area contributed by atoms with Crippen molar-refractivity contribution in [2.45, 2.75) is 6.10 Å². The van der Waals surface area contributed by atoms with Crippen LogP contribution in [-0.2, 0) is 14.3 Å². The predicted octanol–water partition coefficient (Wildman–Crippen LogP) is 0.162. The zero-order chi connectivity index (χ0) is 15.4. The summed E-state index contributed by atoms with van der Waals surface area (Å²) in [5.41, 5.74) is 0.541. The molecule has 1 aliphatic rings. The van der Waals surface area contributed by atoms with Crippen LogP contribution in [0.3, 0.4) is 0 Å². The summed E-state index contributed by atoms with van der Waals surface area (Å²) in [6, 6.07) is 3.39. The van der Waals surface area contributed by atoms with Gasteiger partial charge in [0.25, 0.3) is 5.91 Å². The summed E-state index contributed by atoms with van der Waals surface area (Å²) in [5, 5.41) is 0. The standard InChI is InChI=1S/C14H19N3O4/c1-16(2)12-8-10(4-5-15-12)13(18)17-6-7-21-11(9-17)14(19)20-3/h4-5,8,11H,6-7,9H2,1-3H3. The van der Waals surface area contributed by atoms with E-state index in [4.69, 9.17) is 4.74 Å². The lowest BCUT2D eigenvalue weighted by Gasteiger charge is -2.31. The minimum Gasteiger partial charge on any atom is -0.467 e. The second-order valence-corrected chi connectivity index (χ2v) is 4.93. The number of nitrogens with zero attached hydrogens (tertiary/aromatic N) is 3. The minimum atomic E-state index is -0.720. The minimum absolute atomic E-state index is 0.141. The van der Waals surface area contributed by atoms with Gasteiger partial charge in [0.1, 0.15) is 5.82 Å². The summed E-state index contributed by atoms with van der Waals surface area (Å²) >= 11 is 0. The predicted molar refractivity (Wildman–Crippen MR) is 76.2 cm³/mol. The largest absolute Gasteiger partial charge is 0.467 e. The van der Waals surface area contributed by atoms with E-state index in [1.807, 2.05) is 19.0 Å². The van der Waals surface area contributed by atoms with Crippen LogP contribution in [0, 0.1) is 0 Å². The van der Waals surface area contributed by atoms with Crippen LogP contribution in [-0.4, -0.2) is 68.8 Å². The van der Waals surface area contributed by atoms with Crippen LogP contribution >= 0.6 is 0 Å². The Labute approximate surface area is 123 Å². The van der Waals surface area contributed by atoms with Gasteiger partial charge >= 0.3 is 5.97 Å². The first-order valence-corrected chi connectivity index (χ1v) is 6.65. The van der Waals surface area contributed by atoms with Crippen molar-refractivity contribution in [2.24, 2.45) is 0 Å². The van der Waals surface area contributed by atoms with E-state index in [0.29, 0.717) is 24.5 Å². The van der Waals surface area contributed by atoms with Gasteiger partial charge in [0.2, 0.25) is 0 Å². The summed E-state index contributed by atoms with van der Waals surface area (Å²) < 4.78 is 9.98. The molecule has 0 N–H and O–H groups in total. The molecule has 2 heterocycles. The molecule has 0 aliphatic carbocycles. The van der Waals surface area contributed by atoms with E-state index >= 15 is 0 Å². The highest BCUT2D eigenvalue weighted by atomic mass is 16.6. The third-order valence-electron chi connectivity index (χ3n) is 3.27. The third-order valence-corrected chi connectivity index (χ3v) is 3.27. The SMILES string of the molecule is COC(=O)C1CN(C(=O)c2ccnc(N(C)C)c2)CCO1. The fourth-order valence-corrected chi connectivity index (χ4v) is 2.09. The number of methoxy groups -OCH3 is 1. The number of pyridine rings is 1. The number of ether oxygens (including phenoxy) is 2. The van der Waals surface area contributed by atoms with E-state index in [2.05, 4.69) is 9.72 Å². The molecule has 1 saturated heterocycles. The Morgan fingerprint density at radius 1 is 1.48 bits per heavy atom. The van der Waals surface area contributed by atoms with Crippen LogP contribution in [0.25, 0.3) is 0 Å². The van der Waals surface area contributed by atoms with Gasteiger partial charge in [0.15, 0.2) is 6.10 Å². The number of hydrogen-bond acceptors (Lipinski definition) is 6. The van der Waals surface area contributed by atoms with Crippen LogP contribution < -0.4 is 4.90 Å². The highest BCUT2D eigenvalue weighted by Gasteiger charge is 2.30. The normalized spacial score (nSPS) is 18.2. The average molecular weight is 293 g/mol. The fourth-order valence-electron chi connectivity index (χ4n) is 2.09. The number of morpholine rings is 1. The fraction of sp³-hybridized carbons (Fsp3) is 0.500. The van der Waals surface area contributed by atoms with Crippen molar-refractivity contribution in [2.75, 3.05) is 45.8 Å². The molecule has 1 fully saturated rings. The number of rotatable bonds is 3. The van der Waals surface area contributed by atoms with E-state index in [1.54, 1.807) is 23.2 Å². The number of amides is 1. The van der Waals surface area contributed by atoms with Gasteiger partial charge in [-0.05, 0) is 12.1 Å². The van der Waals surface area contributed by atoms with Gasteiger partial charge in [-0.1, -0.05) is 0 Å². The molecule has 0 radical (unpaired) electrons. The van der Waals surface area contributed by atoms with Gasteiger partial charge in [-0.2, -0.15) is 0 Å². The van der Waals surface area contributed by atoms with Gasteiger partial charge in [-0.3, -0.25) is 4.79 Å². The number of aromatic nitrogens is 1. The second kappa shape index (κ2) is 6.53. The molecule has 0 bridgehead atoms. The molecule has 1 aromatic heterocycles. The van der Waals surface area contributed by atoms with Gasteiger partial charge < -0.3 is 19.3 Å². The molecule has 21 heavy (non-hydrogen) atoms. The van der Waals surface area contributed by atoms with Crippen LogP contribution in [0.15, 0.2) is 18.3 Å². The first-order chi connectivity index (χ1) is 10.0. The number of hydrogen-bond donors (Lipinski definition) is 0. The lowest BCUT2D eigenvalue weighted by molar-refractivity contribution is -0.158. The monoisotopic (exact) mass is 293 g/mol. The third kappa shape index (κ3) is 3.49. The number of anilines is 1. The van der Waals surface area contributed by atoms with Crippen molar-refractivity contribution in [3.63, 3.8) is 0 Å². The van der Waals surface area contributed by atoms with E-state index in [-0.39, 0.29) is 12.5 Å². The van der Waals surface area contributed by atoms with Crippen molar-refractivity contribution >= 4 is 17.7 Å². The maximum Gasteiger partial charge on any atom is 0.336 e. The molecule has 0 spiro atoms. The maximum absolute atomic E-state index is 12.5. The summed E-state index contributed by atoms with van der Waals surface area (Å²) in [5.74, 6) is 0.104. The molecule has 1 aromatic rings. The van der Waals surface area contributed by atoms with Gasteiger partial charge in [0, 0.05) is 32.4 Å². The molecule has 1 atom stereocenters. The van der Waals surface area contributed by atoms with Crippen LogP contribution in [0.2, 0.25) is 0 Å². The van der Waals surface area contributed by atoms with Crippen LogP contribution in [0.1, 0.15) is 10.4 Å². The molecule has 114 valence electrons. The average Bonchev–Trinajstić information content (AvgIpc) is 2.53. The van der Waals surface area contributed by atoms with E-state index in [1.165, 1.54) is 7.11 Å². The Morgan fingerprint density at radius 3 is 2.90 bits per heavy atom. The quantitative estimate of drug-likeness (QED) is 0.739. The van der Waals surface area contributed by atoms with Crippen molar-refractivity contribution in [3.8, 4) is 0 Å². The maximum atomic E-state index is 12.5. The van der Waals surface area contributed by atoms with Gasteiger partial charge in [-0.25, -0.2) is 9.78 Å². The van der Waals surface area contributed by atoms with Crippen molar-refractivity contribution in [1.29, 1.82) is 0 Å². The highest BCUT2D eigenvalue weighted by Crippen LogP contribution is 2.15. The number of esters is 1. The first-order valence-electron chi connectivity index (χ1n) is 6.65.